The van der Waals surface area contributed by atoms with Gasteiger partial charge in [-0.3, -0.25) is 0 Å². The fourth-order valence-electron chi connectivity index (χ4n) is 1.78. The second kappa shape index (κ2) is 5.45. The van der Waals surface area contributed by atoms with E-state index in [2.05, 4.69) is 33.5 Å². The number of nitrogen functional groups attached to an aromatic ring is 1. The SMILES string of the molecule is CSCC(C)N(C)c1nc(NN)cn2ccnc12. The summed E-state index contributed by atoms with van der Waals surface area (Å²) >= 11 is 1.81. The third-order valence-corrected chi connectivity index (χ3v) is 3.72. The molecule has 7 heteroatoms. The van der Waals surface area contributed by atoms with Gasteiger partial charge in [-0.15, -0.1) is 0 Å². The van der Waals surface area contributed by atoms with Crippen LogP contribution in [0.2, 0.25) is 0 Å². The topological polar surface area (TPSA) is 71.5 Å². The molecule has 2 aromatic heterocycles. The van der Waals surface area contributed by atoms with Crippen LogP contribution >= 0.6 is 11.8 Å². The lowest BCUT2D eigenvalue weighted by Gasteiger charge is -2.25. The van der Waals surface area contributed by atoms with Gasteiger partial charge in [-0.2, -0.15) is 11.8 Å². The first kappa shape index (κ1) is 13.0. The van der Waals surface area contributed by atoms with Gasteiger partial charge < -0.3 is 14.7 Å². The first-order chi connectivity index (χ1) is 8.67. The second-order valence-corrected chi connectivity index (χ2v) is 5.08. The van der Waals surface area contributed by atoms with Gasteiger partial charge in [0.1, 0.15) is 0 Å². The van der Waals surface area contributed by atoms with Gasteiger partial charge in [-0.1, -0.05) is 0 Å². The molecule has 0 radical (unpaired) electrons. The molecule has 0 saturated heterocycles. The van der Waals surface area contributed by atoms with E-state index in [1.165, 1.54) is 0 Å². The smallest absolute Gasteiger partial charge is 0.180 e. The third kappa shape index (κ3) is 2.37. The highest BCUT2D eigenvalue weighted by atomic mass is 32.2. The molecule has 18 heavy (non-hydrogen) atoms. The average molecular weight is 266 g/mol. The van der Waals surface area contributed by atoms with Crippen molar-refractivity contribution < 1.29 is 0 Å². The number of rotatable bonds is 5. The number of fused-ring (bicyclic) bond motifs is 1. The molecular formula is C11H18N6S. The third-order valence-electron chi connectivity index (χ3n) is 2.91. The van der Waals surface area contributed by atoms with Crippen molar-refractivity contribution in [1.82, 2.24) is 14.4 Å². The minimum absolute atomic E-state index is 0.376. The zero-order valence-corrected chi connectivity index (χ0v) is 11.6. The van der Waals surface area contributed by atoms with E-state index >= 15 is 0 Å². The molecule has 1 unspecified atom stereocenters. The summed E-state index contributed by atoms with van der Waals surface area (Å²) < 4.78 is 1.92. The van der Waals surface area contributed by atoms with Gasteiger partial charge in [0.25, 0.3) is 0 Å². The minimum atomic E-state index is 0.376. The van der Waals surface area contributed by atoms with Crippen LogP contribution in [0.15, 0.2) is 18.6 Å². The zero-order chi connectivity index (χ0) is 13.1. The van der Waals surface area contributed by atoms with Crippen LogP contribution in [0.25, 0.3) is 5.65 Å². The van der Waals surface area contributed by atoms with Crippen LogP contribution in [0.1, 0.15) is 6.92 Å². The molecule has 0 amide bonds. The predicted octanol–water partition coefficient (Wildman–Crippen LogP) is 1.20. The highest BCUT2D eigenvalue weighted by molar-refractivity contribution is 7.98. The number of anilines is 2. The molecule has 6 nitrogen and oxygen atoms in total. The molecule has 0 fully saturated rings. The summed E-state index contributed by atoms with van der Waals surface area (Å²) in [5.74, 6) is 7.93. The summed E-state index contributed by atoms with van der Waals surface area (Å²) in [6, 6.07) is 0.376. The Bertz CT molecular complexity index is 525. The first-order valence-corrected chi connectivity index (χ1v) is 7.09. The Labute approximate surface area is 111 Å². The van der Waals surface area contributed by atoms with Crippen molar-refractivity contribution in [3.8, 4) is 0 Å². The van der Waals surface area contributed by atoms with Gasteiger partial charge in [0.15, 0.2) is 17.3 Å². The quantitative estimate of drug-likeness (QED) is 0.626. The van der Waals surface area contributed by atoms with E-state index in [0.29, 0.717) is 11.9 Å². The number of nitrogens with one attached hydrogen (secondary N) is 1. The summed E-state index contributed by atoms with van der Waals surface area (Å²) in [6.07, 6.45) is 7.56. The van der Waals surface area contributed by atoms with Crippen molar-refractivity contribution in [2.75, 3.05) is 29.4 Å². The van der Waals surface area contributed by atoms with Crippen molar-refractivity contribution >= 4 is 29.0 Å². The highest BCUT2D eigenvalue weighted by Crippen LogP contribution is 2.21. The summed E-state index contributed by atoms with van der Waals surface area (Å²) in [5.41, 5.74) is 3.42. The molecule has 2 heterocycles. The molecule has 2 aromatic rings. The number of thioether (sulfide) groups is 1. The van der Waals surface area contributed by atoms with E-state index in [1.807, 2.05) is 35.6 Å². The summed E-state index contributed by atoms with van der Waals surface area (Å²) in [6.45, 7) is 2.17. The normalized spacial score (nSPS) is 12.7. The summed E-state index contributed by atoms with van der Waals surface area (Å²) in [7, 11) is 2.03. The largest absolute Gasteiger partial charge is 0.353 e. The van der Waals surface area contributed by atoms with E-state index < -0.39 is 0 Å². The van der Waals surface area contributed by atoms with Crippen LogP contribution in [0.5, 0.6) is 0 Å². The van der Waals surface area contributed by atoms with Crippen LogP contribution in [0.4, 0.5) is 11.6 Å². The number of hydrogen-bond acceptors (Lipinski definition) is 6. The first-order valence-electron chi connectivity index (χ1n) is 5.69. The van der Waals surface area contributed by atoms with Crippen LogP contribution in [-0.2, 0) is 0 Å². The maximum atomic E-state index is 5.44. The zero-order valence-electron chi connectivity index (χ0n) is 10.8. The maximum absolute atomic E-state index is 5.44. The summed E-state index contributed by atoms with van der Waals surface area (Å²) in [4.78, 5) is 11.0. The Morgan fingerprint density at radius 3 is 3.06 bits per heavy atom. The molecular weight excluding hydrogens is 248 g/mol. The van der Waals surface area contributed by atoms with Crippen LogP contribution < -0.4 is 16.2 Å². The van der Waals surface area contributed by atoms with Gasteiger partial charge in [-0.05, 0) is 13.2 Å². The standard InChI is InChI=1S/C11H18N6S/c1-8(7-18-3)16(2)11-10-13-4-5-17(10)6-9(14-11)15-12/h4-6,8,15H,7,12H2,1-3H3. The second-order valence-electron chi connectivity index (χ2n) is 4.17. The van der Waals surface area contributed by atoms with Gasteiger partial charge >= 0.3 is 0 Å². The lowest BCUT2D eigenvalue weighted by Crippen LogP contribution is -2.32. The number of hydrogen-bond donors (Lipinski definition) is 2. The van der Waals surface area contributed by atoms with E-state index in [1.54, 1.807) is 6.20 Å². The molecule has 2 rings (SSSR count). The molecule has 0 aliphatic heterocycles. The molecule has 98 valence electrons. The molecule has 0 bridgehead atoms. The average Bonchev–Trinajstić information content (AvgIpc) is 2.84. The van der Waals surface area contributed by atoms with E-state index in [-0.39, 0.29) is 0 Å². The Morgan fingerprint density at radius 2 is 2.39 bits per heavy atom. The lowest BCUT2D eigenvalue weighted by atomic mass is 10.3. The Morgan fingerprint density at radius 1 is 1.61 bits per heavy atom. The Hall–Kier alpha value is -1.47. The van der Waals surface area contributed by atoms with Crippen molar-refractivity contribution in [3.05, 3.63) is 18.6 Å². The molecule has 1 atom stereocenters. The fourth-order valence-corrected chi connectivity index (χ4v) is 2.49. The Balaban J connectivity index is 2.44. The van der Waals surface area contributed by atoms with Crippen LogP contribution in [0.3, 0.4) is 0 Å². The summed E-state index contributed by atoms with van der Waals surface area (Å²) in [5, 5.41) is 0. The molecule has 0 spiro atoms. The molecule has 0 aromatic carbocycles. The van der Waals surface area contributed by atoms with Gasteiger partial charge in [0.2, 0.25) is 0 Å². The molecule has 0 aliphatic carbocycles. The van der Waals surface area contributed by atoms with Crippen molar-refractivity contribution in [1.29, 1.82) is 0 Å². The maximum Gasteiger partial charge on any atom is 0.180 e. The van der Waals surface area contributed by atoms with Gasteiger partial charge in [0.05, 0.1) is 6.20 Å². The van der Waals surface area contributed by atoms with Crippen LogP contribution in [-0.4, -0.2) is 39.5 Å². The highest BCUT2D eigenvalue weighted by Gasteiger charge is 2.16. The van der Waals surface area contributed by atoms with Crippen molar-refractivity contribution in [2.24, 2.45) is 5.84 Å². The molecule has 0 saturated carbocycles. The molecule has 3 N–H and O–H groups in total. The van der Waals surface area contributed by atoms with Gasteiger partial charge in [0, 0.05) is 31.2 Å². The van der Waals surface area contributed by atoms with Crippen LogP contribution in [0, 0.1) is 0 Å². The number of hydrazine groups is 1. The van der Waals surface area contributed by atoms with Gasteiger partial charge in [-0.25, -0.2) is 15.8 Å². The van der Waals surface area contributed by atoms with E-state index in [9.17, 15) is 0 Å². The van der Waals surface area contributed by atoms with E-state index in [4.69, 9.17) is 5.84 Å². The number of nitrogens with zero attached hydrogens (tertiary/aromatic N) is 4. The minimum Gasteiger partial charge on any atom is -0.353 e. The fraction of sp³-hybridized carbons (Fsp3) is 0.455. The molecule has 0 aliphatic rings. The van der Waals surface area contributed by atoms with Crippen molar-refractivity contribution in [2.45, 2.75) is 13.0 Å². The lowest BCUT2D eigenvalue weighted by molar-refractivity contribution is 0.753. The monoisotopic (exact) mass is 266 g/mol. The van der Waals surface area contributed by atoms with Crippen molar-refractivity contribution in [3.63, 3.8) is 0 Å². The number of imidazole rings is 1. The Kier molecular flexibility index (Phi) is 3.93. The number of nitrogens with two attached hydrogens (primary N) is 1. The predicted molar refractivity (Wildman–Crippen MR) is 77.0 cm³/mol. The number of aromatic nitrogens is 3. The van der Waals surface area contributed by atoms with E-state index in [0.717, 1.165) is 17.2 Å².